The lowest BCUT2D eigenvalue weighted by Crippen LogP contribution is -2.10. The van der Waals surface area contributed by atoms with Gasteiger partial charge in [0, 0.05) is 24.7 Å². The van der Waals surface area contributed by atoms with Crippen molar-refractivity contribution in [3.63, 3.8) is 0 Å². The second-order valence-electron chi connectivity index (χ2n) is 4.34. The Kier molecular flexibility index (Phi) is 4.95. The van der Waals surface area contributed by atoms with Gasteiger partial charge in [-0.3, -0.25) is 0 Å². The van der Waals surface area contributed by atoms with Gasteiger partial charge in [0.15, 0.2) is 5.58 Å². The predicted octanol–water partition coefficient (Wildman–Crippen LogP) is 2.84. The Bertz CT molecular complexity index is 595. The highest BCUT2D eigenvalue weighted by Gasteiger charge is 2.07. The molecular weight excluding hydrogens is 261 g/mol. The van der Waals surface area contributed by atoms with Crippen LogP contribution in [0.1, 0.15) is 13.3 Å². The summed E-state index contributed by atoms with van der Waals surface area (Å²) in [6.07, 6.45) is 1.46. The third-order valence-electron chi connectivity index (χ3n) is 2.73. The second kappa shape index (κ2) is 6.91. The minimum Gasteiger partial charge on any atom is -0.489 e. The summed E-state index contributed by atoms with van der Waals surface area (Å²) in [5.41, 5.74) is 7.13. The Morgan fingerprint density at radius 1 is 1.55 bits per heavy atom. The first kappa shape index (κ1) is 14.3. The van der Waals surface area contributed by atoms with Crippen LogP contribution in [0.15, 0.2) is 34.5 Å². The summed E-state index contributed by atoms with van der Waals surface area (Å²) in [6.45, 7) is 3.12. The number of rotatable bonds is 7. The molecule has 6 heteroatoms. The van der Waals surface area contributed by atoms with Crippen LogP contribution in [-0.4, -0.2) is 24.7 Å². The summed E-state index contributed by atoms with van der Waals surface area (Å²) in [5, 5.41) is 3.08. The topological polar surface area (TPSA) is 73.3 Å². The average Bonchev–Trinajstić information content (AvgIpc) is 2.88. The first-order valence-corrected chi connectivity index (χ1v) is 6.52. The van der Waals surface area contributed by atoms with Crippen LogP contribution in [0.25, 0.3) is 11.1 Å². The Balaban J connectivity index is 2.08. The summed E-state index contributed by atoms with van der Waals surface area (Å²) < 4.78 is 23.4. The van der Waals surface area contributed by atoms with Gasteiger partial charge in [0.05, 0.1) is 6.33 Å². The molecule has 0 unspecified atom stereocenters. The summed E-state index contributed by atoms with van der Waals surface area (Å²) in [6, 6.07) is 5.78. The molecule has 0 radical (unpaired) electrons. The normalized spacial score (nSPS) is 11.8. The van der Waals surface area contributed by atoms with E-state index in [4.69, 9.17) is 14.9 Å². The summed E-state index contributed by atoms with van der Waals surface area (Å²) >= 11 is 0. The fraction of sp³-hybridized carbons (Fsp3) is 0.357. The van der Waals surface area contributed by atoms with Crippen molar-refractivity contribution in [2.24, 2.45) is 5.73 Å². The van der Waals surface area contributed by atoms with Crippen molar-refractivity contribution >= 4 is 17.1 Å². The Morgan fingerprint density at radius 2 is 2.40 bits per heavy atom. The minimum absolute atomic E-state index is 0.119. The lowest BCUT2D eigenvalue weighted by molar-refractivity contribution is 0.347. The highest BCUT2D eigenvalue weighted by Crippen LogP contribution is 2.24. The summed E-state index contributed by atoms with van der Waals surface area (Å²) in [5.74, 6) is 0.587. The van der Waals surface area contributed by atoms with Crippen molar-refractivity contribution < 1.29 is 13.5 Å². The number of nitrogens with one attached hydrogen (secondary N) is 1. The first-order chi connectivity index (χ1) is 9.76. The molecule has 2 rings (SSSR count). The Morgan fingerprint density at radius 3 is 3.10 bits per heavy atom. The maximum absolute atomic E-state index is 12.4. The lowest BCUT2D eigenvalue weighted by Gasteiger charge is -2.06. The van der Waals surface area contributed by atoms with Crippen molar-refractivity contribution in [1.82, 2.24) is 4.98 Å². The number of hydrogen-bond donors (Lipinski definition) is 2. The molecule has 0 bridgehead atoms. The molecule has 0 spiro atoms. The molecule has 1 aromatic heterocycles. The lowest BCUT2D eigenvalue weighted by atomic mass is 10.3. The SMILES string of the molecule is CCCNc1nc2ccc(OC/C(=C/F)CN)cc2o1. The van der Waals surface area contributed by atoms with Crippen LogP contribution < -0.4 is 15.8 Å². The molecule has 2 aromatic rings. The number of fused-ring (bicyclic) bond motifs is 1. The van der Waals surface area contributed by atoms with Crippen LogP contribution in [0.5, 0.6) is 5.75 Å². The van der Waals surface area contributed by atoms with Crippen molar-refractivity contribution in [3.8, 4) is 5.75 Å². The number of benzene rings is 1. The molecule has 20 heavy (non-hydrogen) atoms. The fourth-order valence-corrected chi connectivity index (χ4v) is 1.61. The molecular formula is C14H18FN3O2. The van der Waals surface area contributed by atoms with Crippen LogP contribution in [0.2, 0.25) is 0 Å². The molecule has 108 valence electrons. The fourth-order valence-electron chi connectivity index (χ4n) is 1.61. The molecule has 5 nitrogen and oxygen atoms in total. The van der Waals surface area contributed by atoms with Gasteiger partial charge in [-0.15, -0.1) is 0 Å². The molecule has 0 aliphatic heterocycles. The number of oxazole rings is 1. The maximum atomic E-state index is 12.4. The molecule has 3 N–H and O–H groups in total. The van der Waals surface area contributed by atoms with Crippen molar-refractivity contribution in [2.45, 2.75) is 13.3 Å². The van der Waals surface area contributed by atoms with E-state index < -0.39 is 0 Å². The number of aromatic nitrogens is 1. The van der Waals surface area contributed by atoms with Crippen LogP contribution >= 0.6 is 0 Å². The first-order valence-electron chi connectivity index (χ1n) is 6.52. The van der Waals surface area contributed by atoms with E-state index in [9.17, 15) is 4.39 Å². The molecule has 0 atom stereocenters. The molecule has 0 aliphatic rings. The largest absolute Gasteiger partial charge is 0.489 e. The van der Waals surface area contributed by atoms with Gasteiger partial charge in [-0.1, -0.05) is 6.92 Å². The highest BCUT2D eigenvalue weighted by atomic mass is 19.1. The van der Waals surface area contributed by atoms with E-state index >= 15 is 0 Å². The molecule has 0 amide bonds. The molecule has 0 saturated carbocycles. The van der Waals surface area contributed by atoms with E-state index in [1.165, 1.54) is 0 Å². The zero-order valence-corrected chi connectivity index (χ0v) is 11.4. The number of nitrogens with two attached hydrogens (primary N) is 1. The molecule has 0 aliphatic carbocycles. The van der Waals surface area contributed by atoms with E-state index in [-0.39, 0.29) is 13.2 Å². The van der Waals surface area contributed by atoms with Gasteiger partial charge in [0.25, 0.3) is 6.01 Å². The number of anilines is 1. The van der Waals surface area contributed by atoms with E-state index in [2.05, 4.69) is 17.2 Å². The van der Waals surface area contributed by atoms with Gasteiger partial charge in [-0.25, -0.2) is 4.39 Å². The average molecular weight is 279 g/mol. The summed E-state index contributed by atoms with van der Waals surface area (Å²) in [4.78, 5) is 4.29. The number of hydrogen-bond acceptors (Lipinski definition) is 5. The van der Waals surface area contributed by atoms with E-state index in [1.807, 2.05) is 0 Å². The zero-order valence-electron chi connectivity index (χ0n) is 11.4. The minimum atomic E-state index is 0.119. The van der Waals surface area contributed by atoms with Crippen molar-refractivity contribution in [3.05, 3.63) is 30.1 Å². The van der Waals surface area contributed by atoms with Crippen molar-refractivity contribution in [2.75, 3.05) is 25.0 Å². The smallest absolute Gasteiger partial charge is 0.295 e. The van der Waals surface area contributed by atoms with Gasteiger partial charge in [0.1, 0.15) is 17.9 Å². The number of ether oxygens (including phenoxy) is 1. The van der Waals surface area contributed by atoms with Crippen LogP contribution in [0, 0.1) is 0 Å². The van der Waals surface area contributed by atoms with Crippen molar-refractivity contribution in [1.29, 1.82) is 0 Å². The van der Waals surface area contributed by atoms with Crippen LogP contribution in [-0.2, 0) is 0 Å². The van der Waals surface area contributed by atoms with E-state index in [0.29, 0.717) is 29.3 Å². The van der Waals surface area contributed by atoms with Gasteiger partial charge < -0.3 is 20.2 Å². The molecule has 0 fully saturated rings. The number of halogens is 1. The maximum Gasteiger partial charge on any atom is 0.295 e. The Labute approximate surface area is 116 Å². The van der Waals surface area contributed by atoms with E-state index in [0.717, 1.165) is 18.5 Å². The Hall–Kier alpha value is -2.08. The summed E-state index contributed by atoms with van der Waals surface area (Å²) in [7, 11) is 0. The third-order valence-corrected chi connectivity index (χ3v) is 2.73. The highest BCUT2D eigenvalue weighted by molar-refractivity contribution is 5.76. The van der Waals surface area contributed by atoms with Gasteiger partial charge in [-0.05, 0) is 18.6 Å². The van der Waals surface area contributed by atoms with E-state index in [1.54, 1.807) is 18.2 Å². The standard InChI is InChI=1S/C14H18FN3O2/c1-2-5-17-14-18-12-4-3-11(6-13(12)20-14)19-9-10(7-15)8-16/h3-4,6-7H,2,5,8-9,16H2,1H3,(H,17,18)/b10-7+. The van der Waals surface area contributed by atoms with Gasteiger partial charge >= 0.3 is 0 Å². The third kappa shape index (κ3) is 3.48. The van der Waals surface area contributed by atoms with Crippen LogP contribution in [0.3, 0.4) is 0 Å². The quantitative estimate of drug-likeness (QED) is 0.815. The molecule has 0 saturated heterocycles. The molecule has 1 heterocycles. The van der Waals surface area contributed by atoms with Gasteiger partial charge in [-0.2, -0.15) is 4.98 Å². The molecule has 1 aromatic carbocycles. The predicted molar refractivity (Wildman–Crippen MR) is 76.5 cm³/mol. The van der Waals surface area contributed by atoms with Crippen LogP contribution in [0.4, 0.5) is 10.4 Å². The number of nitrogens with zero attached hydrogens (tertiary/aromatic N) is 1. The van der Waals surface area contributed by atoms with Gasteiger partial charge in [0.2, 0.25) is 0 Å². The monoisotopic (exact) mass is 279 g/mol. The zero-order chi connectivity index (χ0) is 14.4. The second-order valence-corrected chi connectivity index (χ2v) is 4.34.